The molecule has 1 spiro atoms. The highest BCUT2D eigenvalue weighted by Gasteiger charge is 2.57. The zero-order valence-electron chi connectivity index (χ0n) is 18.3. The van der Waals surface area contributed by atoms with Gasteiger partial charge in [0.15, 0.2) is 0 Å². The Bertz CT molecular complexity index is 1230. The van der Waals surface area contributed by atoms with Crippen LogP contribution in [0.5, 0.6) is 0 Å². The first-order valence-corrected chi connectivity index (χ1v) is 10.7. The minimum atomic E-state index is -1.04. The molecule has 0 fully saturated rings. The van der Waals surface area contributed by atoms with Crippen LogP contribution < -0.4 is 10.2 Å². The molecule has 1 aromatic heterocycles. The molecule has 2 amide bonds. The van der Waals surface area contributed by atoms with E-state index in [-0.39, 0.29) is 18.2 Å². The number of benzene rings is 2. The molecule has 31 heavy (non-hydrogen) atoms. The van der Waals surface area contributed by atoms with Crippen molar-refractivity contribution < 1.29 is 9.59 Å². The maximum atomic E-state index is 13.9. The third-order valence-electron chi connectivity index (χ3n) is 6.31. The number of carbonyl (C=O) groups excluding carboxylic acids is 2. The highest BCUT2D eigenvalue weighted by Crippen LogP contribution is 2.52. The van der Waals surface area contributed by atoms with E-state index in [1.54, 1.807) is 10.9 Å². The van der Waals surface area contributed by atoms with E-state index in [1.165, 1.54) is 0 Å². The van der Waals surface area contributed by atoms with Crippen molar-refractivity contribution in [1.82, 2.24) is 9.78 Å². The molecule has 6 heteroatoms. The van der Waals surface area contributed by atoms with Crippen LogP contribution in [0, 0.1) is 19.8 Å². The molecule has 1 N–H and O–H groups in total. The molecule has 158 valence electrons. The number of anilines is 2. The van der Waals surface area contributed by atoms with Gasteiger partial charge in [0.2, 0.25) is 11.8 Å². The Morgan fingerprint density at radius 2 is 1.84 bits per heavy atom. The lowest BCUT2D eigenvalue weighted by molar-refractivity contribution is -0.126. The van der Waals surface area contributed by atoms with E-state index in [1.807, 2.05) is 55.1 Å². The van der Waals surface area contributed by atoms with Crippen LogP contribution in [0.25, 0.3) is 5.69 Å². The second kappa shape index (κ2) is 6.80. The van der Waals surface area contributed by atoms with Crippen LogP contribution in [-0.2, 0) is 15.0 Å². The Morgan fingerprint density at radius 1 is 1.06 bits per heavy atom. The standard InChI is InChI=1S/C25H26N4O2/c1-15(2)14-28-21-8-6-5-7-18(21)25(24(28)31)12-22(30)27-23-19(25)13-26-29(23)20-10-9-16(3)11-17(20)4/h5-11,13,15H,12,14H2,1-4H3,(H,27,30)/t25-/m1/s1. The highest BCUT2D eigenvalue weighted by atomic mass is 16.2. The van der Waals surface area contributed by atoms with E-state index in [9.17, 15) is 9.59 Å². The molecule has 2 aromatic carbocycles. The molecular formula is C25H26N4O2. The first-order chi connectivity index (χ1) is 14.8. The molecule has 5 rings (SSSR count). The number of fused-ring (bicyclic) bond motifs is 4. The molecule has 0 unspecified atom stereocenters. The predicted molar refractivity (Wildman–Crippen MR) is 121 cm³/mol. The van der Waals surface area contributed by atoms with Crippen molar-refractivity contribution in [1.29, 1.82) is 0 Å². The summed E-state index contributed by atoms with van der Waals surface area (Å²) in [7, 11) is 0. The molecule has 0 saturated carbocycles. The number of nitrogens with one attached hydrogen (secondary N) is 1. The van der Waals surface area contributed by atoms with Crippen LogP contribution in [0.1, 0.15) is 42.5 Å². The summed E-state index contributed by atoms with van der Waals surface area (Å²) in [5.41, 5.74) is 4.60. The number of aromatic nitrogens is 2. The smallest absolute Gasteiger partial charge is 0.242 e. The summed E-state index contributed by atoms with van der Waals surface area (Å²) >= 11 is 0. The van der Waals surface area contributed by atoms with Gasteiger partial charge in [0, 0.05) is 24.2 Å². The summed E-state index contributed by atoms with van der Waals surface area (Å²) in [5.74, 6) is 0.673. The van der Waals surface area contributed by atoms with Gasteiger partial charge in [-0.05, 0) is 43.0 Å². The molecule has 1 atom stereocenters. The SMILES string of the molecule is Cc1ccc(-n2ncc3c2NC(=O)C[C@]32C(=O)N(CC(C)C)c3ccccc32)c(C)c1. The van der Waals surface area contributed by atoms with Gasteiger partial charge in [0.05, 0.1) is 11.9 Å². The molecule has 2 aliphatic rings. The lowest BCUT2D eigenvalue weighted by Crippen LogP contribution is -2.47. The molecule has 3 heterocycles. The maximum absolute atomic E-state index is 13.9. The number of hydrogen-bond donors (Lipinski definition) is 1. The van der Waals surface area contributed by atoms with Crippen LogP contribution in [0.4, 0.5) is 11.5 Å². The molecular weight excluding hydrogens is 388 g/mol. The quantitative estimate of drug-likeness (QED) is 0.701. The van der Waals surface area contributed by atoms with Crippen LogP contribution in [0.15, 0.2) is 48.7 Å². The molecule has 6 nitrogen and oxygen atoms in total. The van der Waals surface area contributed by atoms with Gasteiger partial charge in [-0.3, -0.25) is 9.59 Å². The lowest BCUT2D eigenvalue weighted by Gasteiger charge is -2.33. The summed E-state index contributed by atoms with van der Waals surface area (Å²) < 4.78 is 1.75. The largest absolute Gasteiger partial charge is 0.311 e. The zero-order valence-corrected chi connectivity index (χ0v) is 18.3. The number of aryl methyl sites for hydroxylation is 2. The van der Waals surface area contributed by atoms with Crippen molar-refractivity contribution in [3.05, 3.63) is 70.9 Å². The van der Waals surface area contributed by atoms with Gasteiger partial charge < -0.3 is 10.2 Å². The van der Waals surface area contributed by atoms with Crippen LogP contribution in [0.3, 0.4) is 0 Å². The number of nitrogens with zero attached hydrogens (tertiary/aromatic N) is 3. The van der Waals surface area contributed by atoms with E-state index in [0.29, 0.717) is 18.3 Å². The fourth-order valence-corrected chi connectivity index (χ4v) is 5.02. The molecule has 0 saturated heterocycles. The second-order valence-electron chi connectivity index (χ2n) is 9.07. The predicted octanol–water partition coefficient (Wildman–Crippen LogP) is 4.12. The molecule has 0 bridgehead atoms. The van der Waals surface area contributed by atoms with E-state index in [4.69, 9.17) is 0 Å². The van der Waals surface area contributed by atoms with Gasteiger partial charge in [-0.15, -0.1) is 0 Å². The number of rotatable bonds is 3. The van der Waals surface area contributed by atoms with Crippen molar-refractivity contribution in [2.75, 3.05) is 16.8 Å². The van der Waals surface area contributed by atoms with Gasteiger partial charge in [-0.25, -0.2) is 4.68 Å². The number of carbonyl (C=O) groups is 2. The van der Waals surface area contributed by atoms with Crippen molar-refractivity contribution in [3.8, 4) is 5.69 Å². The first kappa shape index (κ1) is 19.5. The summed E-state index contributed by atoms with van der Waals surface area (Å²) in [6, 6.07) is 14.0. The summed E-state index contributed by atoms with van der Waals surface area (Å²) in [6.45, 7) is 8.87. The minimum Gasteiger partial charge on any atom is -0.311 e. The highest BCUT2D eigenvalue weighted by molar-refractivity contribution is 6.15. The first-order valence-electron chi connectivity index (χ1n) is 10.7. The Hall–Kier alpha value is -3.41. The van der Waals surface area contributed by atoms with Crippen molar-refractivity contribution in [2.45, 2.75) is 39.5 Å². The summed E-state index contributed by atoms with van der Waals surface area (Å²) in [5, 5.41) is 7.63. The van der Waals surface area contributed by atoms with Crippen molar-refractivity contribution >= 4 is 23.3 Å². The Morgan fingerprint density at radius 3 is 2.58 bits per heavy atom. The fourth-order valence-electron chi connectivity index (χ4n) is 5.02. The summed E-state index contributed by atoms with van der Waals surface area (Å²) in [6.07, 6.45) is 1.84. The third-order valence-corrected chi connectivity index (χ3v) is 6.31. The van der Waals surface area contributed by atoms with Gasteiger partial charge in [-0.1, -0.05) is 49.7 Å². The van der Waals surface area contributed by atoms with Crippen molar-refractivity contribution in [2.24, 2.45) is 5.92 Å². The van der Waals surface area contributed by atoms with E-state index in [0.717, 1.165) is 33.6 Å². The Balaban J connectivity index is 1.74. The Labute approximate surface area is 181 Å². The monoisotopic (exact) mass is 414 g/mol. The minimum absolute atomic E-state index is 0.0429. The molecule has 2 aliphatic heterocycles. The van der Waals surface area contributed by atoms with Crippen molar-refractivity contribution in [3.63, 3.8) is 0 Å². The van der Waals surface area contributed by atoms with E-state index < -0.39 is 5.41 Å². The van der Waals surface area contributed by atoms with Crippen LogP contribution >= 0.6 is 0 Å². The maximum Gasteiger partial charge on any atom is 0.242 e. The van der Waals surface area contributed by atoms with Crippen LogP contribution in [-0.4, -0.2) is 28.1 Å². The van der Waals surface area contributed by atoms with E-state index >= 15 is 0 Å². The average molecular weight is 415 g/mol. The van der Waals surface area contributed by atoms with Gasteiger partial charge in [0.1, 0.15) is 11.2 Å². The fraction of sp³-hybridized carbons (Fsp3) is 0.320. The molecule has 0 radical (unpaired) electrons. The normalized spacial score (nSPS) is 19.7. The second-order valence-corrected chi connectivity index (χ2v) is 9.07. The number of para-hydroxylation sites is 1. The van der Waals surface area contributed by atoms with Gasteiger partial charge in [-0.2, -0.15) is 5.10 Å². The van der Waals surface area contributed by atoms with Gasteiger partial charge >= 0.3 is 0 Å². The summed E-state index contributed by atoms with van der Waals surface area (Å²) in [4.78, 5) is 28.8. The number of amides is 2. The topological polar surface area (TPSA) is 67.2 Å². The Kier molecular flexibility index (Phi) is 4.29. The lowest BCUT2D eigenvalue weighted by atomic mass is 9.72. The van der Waals surface area contributed by atoms with E-state index in [2.05, 4.69) is 30.3 Å². The van der Waals surface area contributed by atoms with Gasteiger partial charge in [0.25, 0.3) is 0 Å². The zero-order chi connectivity index (χ0) is 21.9. The number of hydrogen-bond acceptors (Lipinski definition) is 3. The molecule has 3 aromatic rings. The third kappa shape index (κ3) is 2.74. The molecule has 0 aliphatic carbocycles. The average Bonchev–Trinajstić information content (AvgIpc) is 3.22. The van der Waals surface area contributed by atoms with Crippen LogP contribution in [0.2, 0.25) is 0 Å².